The second-order valence-electron chi connectivity index (χ2n) is 3.45. The van der Waals surface area contributed by atoms with Crippen molar-refractivity contribution in [3.05, 3.63) is 0 Å². The van der Waals surface area contributed by atoms with Crippen molar-refractivity contribution in [3.8, 4) is 0 Å². The Hall–Kier alpha value is -1.10. The van der Waals surface area contributed by atoms with Crippen LogP contribution >= 0.6 is 0 Å². The number of nitrogens with one attached hydrogen (secondary N) is 2. The molecule has 0 atom stereocenters. The second kappa shape index (κ2) is 4.06. The third-order valence-electron chi connectivity index (χ3n) is 1.12. The highest BCUT2D eigenvalue weighted by Crippen LogP contribution is 2.11. The minimum atomic E-state index is -1.01. The molecule has 5 nitrogen and oxygen atoms in total. The lowest BCUT2D eigenvalue weighted by molar-refractivity contribution is -0.136. The monoisotopic (exact) mass is 174 g/mol. The fourth-order valence-electron chi connectivity index (χ4n) is 0.388. The SMILES string of the molecule is CC(C)(C)C(=O)NNCC(=O)O. The standard InChI is InChI=1S/C7H14N2O3/c1-7(2,3)6(12)9-8-4-5(10)11/h8H,4H2,1-3H3,(H,9,12)(H,10,11). The molecule has 0 aliphatic carbocycles. The van der Waals surface area contributed by atoms with Crippen LogP contribution in [-0.2, 0) is 9.59 Å². The van der Waals surface area contributed by atoms with Crippen LogP contribution in [0.2, 0.25) is 0 Å². The van der Waals surface area contributed by atoms with Gasteiger partial charge >= 0.3 is 5.97 Å². The first-order valence-corrected chi connectivity index (χ1v) is 3.59. The number of carbonyl (C=O) groups is 2. The van der Waals surface area contributed by atoms with Gasteiger partial charge in [-0.2, -0.15) is 0 Å². The zero-order valence-electron chi connectivity index (χ0n) is 7.47. The average molecular weight is 174 g/mol. The quantitative estimate of drug-likeness (QED) is 0.515. The van der Waals surface area contributed by atoms with Crippen LogP contribution in [0.1, 0.15) is 20.8 Å². The second-order valence-corrected chi connectivity index (χ2v) is 3.45. The Morgan fingerprint density at radius 3 is 2.17 bits per heavy atom. The predicted molar refractivity (Wildman–Crippen MR) is 43.2 cm³/mol. The van der Waals surface area contributed by atoms with Crippen LogP contribution in [-0.4, -0.2) is 23.5 Å². The summed E-state index contributed by atoms with van der Waals surface area (Å²) in [6.07, 6.45) is 0. The van der Waals surface area contributed by atoms with Crippen LogP contribution in [0, 0.1) is 5.41 Å². The Labute approximate surface area is 71.1 Å². The Balaban J connectivity index is 3.66. The molecule has 0 aromatic rings. The summed E-state index contributed by atoms with van der Waals surface area (Å²) in [6, 6.07) is 0. The van der Waals surface area contributed by atoms with E-state index in [2.05, 4.69) is 10.9 Å². The number of amides is 1. The van der Waals surface area contributed by atoms with Crippen molar-refractivity contribution in [2.45, 2.75) is 20.8 Å². The van der Waals surface area contributed by atoms with E-state index >= 15 is 0 Å². The third-order valence-corrected chi connectivity index (χ3v) is 1.12. The molecule has 0 unspecified atom stereocenters. The van der Waals surface area contributed by atoms with Gasteiger partial charge in [-0.15, -0.1) is 0 Å². The molecule has 0 aromatic heterocycles. The molecule has 0 aliphatic rings. The predicted octanol–water partition coefficient (Wildman–Crippen LogP) is -0.262. The lowest BCUT2D eigenvalue weighted by atomic mass is 9.96. The normalized spacial score (nSPS) is 10.9. The van der Waals surface area contributed by atoms with E-state index in [1.165, 1.54) is 0 Å². The molecule has 0 spiro atoms. The van der Waals surface area contributed by atoms with Gasteiger partial charge in [-0.1, -0.05) is 20.8 Å². The number of carbonyl (C=O) groups excluding carboxylic acids is 1. The smallest absolute Gasteiger partial charge is 0.319 e. The first kappa shape index (κ1) is 10.9. The summed E-state index contributed by atoms with van der Waals surface area (Å²) in [5.74, 6) is -1.24. The van der Waals surface area contributed by atoms with Crippen molar-refractivity contribution in [3.63, 3.8) is 0 Å². The zero-order chi connectivity index (χ0) is 9.78. The first-order valence-electron chi connectivity index (χ1n) is 3.59. The summed E-state index contributed by atoms with van der Waals surface area (Å²) in [4.78, 5) is 21.1. The van der Waals surface area contributed by atoms with Gasteiger partial charge in [0.25, 0.3) is 0 Å². The van der Waals surface area contributed by atoms with Crippen molar-refractivity contribution in [2.24, 2.45) is 5.41 Å². The Bertz CT molecular complexity index is 184. The molecule has 0 heterocycles. The minimum Gasteiger partial charge on any atom is -0.480 e. The van der Waals surface area contributed by atoms with E-state index in [-0.39, 0.29) is 12.5 Å². The maximum atomic E-state index is 11.1. The summed E-state index contributed by atoms with van der Waals surface area (Å²) >= 11 is 0. The van der Waals surface area contributed by atoms with E-state index in [9.17, 15) is 9.59 Å². The fraction of sp³-hybridized carbons (Fsp3) is 0.714. The highest BCUT2D eigenvalue weighted by molar-refractivity contribution is 5.81. The van der Waals surface area contributed by atoms with Crippen LogP contribution in [0.5, 0.6) is 0 Å². The molecule has 3 N–H and O–H groups in total. The van der Waals surface area contributed by atoms with Crippen molar-refractivity contribution in [2.75, 3.05) is 6.54 Å². The molecule has 12 heavy (non-hydrogen) atoms. The summed E-state index contributed by atoms with van der Waals surface area (Å²) in [6.45, 7) is 4.95. The van der Waals surface area contributed by atoms with Gasteiger partial charge in [-0.3, -0.25) is 15.0 Å². The molecule has 0 radical (unpaired) electrons. The summed E-state index contributed by atoms with van der Waals surface area (Å²) in [5.41, 5.74) is 4.07. The van der Waals surface area contributed by atoms with Crippen LogP contribution in [0.15, 0.2) is 0 Å². The lowest BCUT2D eigenvalue weighted by Crippen LogP contribution is -2.45. The molecule has 5 heteroatoms. The summed E-state index contributed by atoms with van der Waals surface area (Å²) < 4.78 is 0. The molecule has 0 bridgehead atoms. The number of rotatable bonds is 3. The summed E-state index contributed by atoms with van der Waals surface area (Å²) in [5, 5.41) is 8.22. The number of hydrogen-bond acceptors (Lipinski definition) is 3. The molecule has 0 fully saturated rings. The van der Waals surface area contributed by atoms with E-state index in [0.717, 1.165) is 0 Å². The van der Waals surface area contributed by atoms with Crippen LogP contribution in [0.4, 0.5) is 0 Å². The first-order chi connectivity index (χ1) is 5.34. The highest BCUT2D eigenvalue weighted by atomic mass is 16.4. The third kappa shape index (κ3) is 4.68. The Morgan fingerprint density at radius 2 is 1.83 bits per heavy atom. The molecule has 0 aliphatic heterocycles. The maximum absolute atomic E-state index is 11.1. The maximum Gasteiger partial charge on any atom is 0.319 e. The number of aliphatic carboxylic acids is 1. The molecule has 0 rings (SSSR count). The van der Waals surface area contributed by atoms with Crippen molar-refractivity contribution in [1.82, 2.24) is 10.9 Å². The number of hydrogen-bond donors (Lipinski definition) is 3. The highest BCUT2D eigenvalue weighted by Gasteiger charge is 2.20. The van der Waals surface area contributed by atoms with Gasteiger partial charge in [0.05, 0.1) is 0 Å². The fourth-order valence-corrected chi connectivity index (χ4v) is 0.388. The van der Waals surface area contributed by atoms with E-state index in [4.69, 9.17) is 5.11 Å². The zero-order valence-corrected chi connectivity index (χ0v) is 7.47. The van der Waals surface area contributed by atoms with Gasteiger partial charge < -0.3 is 5.11 Å². The molecule has 0 aromatic carbocycles. The van der Waals surface area contributed by atoms with E-state index in [1.807, 2.05) is 0 Å². The van der Waals surface area contributed by atoms with Gasteiger partial charge in [-0.25, -0.2) is 5.43 Å². The van der Waals surface area contributed by atoms with Crippen LogP contribution in [0.3, 0.4) is 0 Å². The van der Waals surface area contributed by atoms with Crippen LogP contribution < -0.4 is 10.9 Å². The van der Waals surface area contributed by atoms with Crippen molar-refractivity contribution in [1.29, 1.82) is 0 Å². The topological polar surface area (TPSA) is 78.4 Å². The van der Waals surface area contributed by atoms with Crippen molar-refractivity contribution >= 4 is 11.9 Å². The van der Waals surface area contributed by atoms with Crippen LogP contribution in [0.25, 0.3) is 0 Å². The minimum absolute atomic E-state index is 0.233. The molecule has 1 amide bonds. The average Bonchev–Trinajstić information content (AvgIpc) is 1.84. The molecular formula is C7H14N2O3. The van der Waals surface area contributed by atoms with Gasteiger partial charge in [0.2, 0.25) is 5.91 Å². The van der Waals surface area contributed by atoms with E-state index in [0.29, 0.717) is 0 Å². The largest absolute Gasteiger partial charge is 0.480 e. The van der Waals surface area contributed by atoms with E-state index < -0.39 is 11.4 Å². The van der Waals surface area contributed by atoms with Crippen molar-refractivity contribution < 1.29 is 14.7 Å². The molecule has 0 saturated heterocycles. The molecule has 70 valence electrons. The van der Waals surface area contributed by atoms with Gasteiger partial charge in [0.15, 0.2) is 0 Å². The summed E-state index contributed by atoms with van der Waals surface area (Å²) in [7, 11) is 0. The van der Waals surface area contributed by atoms with Gasteiger partial charge in [-0.05, 0) is 0 Å². The lowest BCUT2D eigenvalue weighted by Gasteiger charge is -2.17. The Kier molecular flexibility index (Phi) is 3.69. The number of carboxylic acids is 1. The van der Waals surface area contributed by atoms with E-state index in [1.54, 1.807) is 20.8 Å². The Morgan fingerprint density at radius 1 is 1.33 bits per heavy atom. The van der Waals surface area contributed by atoms with Gasteiger partial charge in [0, 0.05) is 5.41 Å². The molecular weight excluding hydrogens is 160 g/mol. The number of carboxylic acid groups (broad SMARTS) is 1. The van der Waals surface area contributed by atoms with Gasteiger partial charge in [0.1, 0.15) is 6.54 Å². The number of hydrazine groups is 1. The molecule has 0 saturated carbocycles.